The van der Waals surface area contributed by atoms with Gasteiger partial charge in [0.1, 0.15) is 6.61 Å². The summed E-state index contributed by atoms with van der Waals surface area (Å²) in [5.74, 6) is -0.248. The van der Waals surface area contributed by atoms with Crippen molar-refractivity contribution in [3.05, 3.63) is 65.4 Å². The first-order chi connectivity index (χ1) is 12.2. The highest BCUT2D eigenvalue weighted by Gasteiger charge is 2.21. The Morgan fingerprint density at radius 1 is 1.00 bits per heavy atom. The SMILES string of the molecule is COC(OC)c1ccc2cc(-c3ccc4c(c3)COC4=O)ccc2n1. The molecule has 4 rings (SSSR count). The second kappa shape index (κ2) is 6.27. The minimum absolute atomic E-state index is 0.248. The number of ether oxygens (including phenoxy) is 3. The van der Waals surface area contributed by atoms with E-state index in [1.54, 1.807) is 14.2 Å². The number of carbonyl (C=O) groups excluding carboxylic acids is 1. The lowest BCUT2D eigenvalue weighted by Crippen LogP contribution is -2.05. The zero-order valence-electron chi connectivity index (χ0n) is 14.0. The smallest absolute Gasteiger partial charge is 0.338 e. The number of carbonyl (C=O) groups is 1. The van der Waals surface area contributed by atoms with Crippen molar-refractivity contribution in [2.45, 2.75) is 12.9 Å². The molecule has 0 amide bonds. The monoisotopic (exact) mass is 335 g/mol. The van der Waals surface area contributed by atoms with Crippen LogP contribution in [0.3, 0.4) is 0 Å². The molecular formula is C20H17NO4. The van der Waals surface area contributed by atoms with Crippen LogP contribution in [0.1, 0.15) is 27.9 Å². The molecule has 1 aliphatic rings. The molecule has 126 valence electrons. The summed E-state index contributed by atoms with van der Waals surface area (Å²) in [5.41, 5.74) is 5.31. The molecule has 0 saturated heterocycles. The second-order valence-electron chi connectivity index (χ2n) is 5.89. The summed E-state index contributed by atoms with van der Waals surface area (Å²) in [7, 11) is 3.18. The van der Waals surface area contributed by atoms with Crippen molar-refractivity contribution >= 4 is 16.9 Å². The van der Waals surface area contributed by atoms with Crippen LogP contribution in [0.4, 0.5) is 0 Å². The van der Waals surface area contributed by atoms with Crippen LogP contribution in [-0.4, -0.2) is 25.2 Å². The number of hydrogen-bond acceptors (Lipinski definition) is 5. The van der Waals surface area contributed by atoms with E-state index in [2.05, 4.69) is 11.1 Å². The van der Waals surface area contributed by atoms with Crippen LogP contribution >= 0.6 is 0 Å². The van der Waals surface area contributed by atoms with Crippen LogP contribution in [0.2, 0.25) is 0 Å². The average Bonchev–Trinajstić information content (AvgIpc) is 3.02. The number of pyridine rings is 1. The molecule has 5 heteroatoms. The molecule has 3 aromatic rings. The molecule has 0 bridgehead atoms. The van der Waals surface area contributed by atoms with Crippen molar-refractivity contribution in [2.24, 2.45) is 0 Å². The molecule has 0 spiro atoms. The molecule has 0 atom stereocenters. The summed E-state index contributed by atoms with van der Waals surface area (Å²) in [6.45, 7) is 0.343. The normalized spacial score (nSPS) is 13.3. The zero-order valence-corrected chi connectivity index (χ0v) is 14.0. The van der Waals surface area contributed by atoms with Gasteiger partial charge in [-0.1, -0.05) is 18.2 Å². The van der Waals surface area contributed by atoms with Crippen molar-refractivity contribution < 1.29 is 19.0 Å². The molecule has 0 N–H and O–H groups in total. The van der Waals surface area contributed by atoms with E-state index in [-0.39, 0.29) is 5.97 Å². The van der Waals surface area contributed by atoms with E-state index in [0.717, 1.165) is 33.3 Å². The van der Waals surface area contributed by atoms with E-state index in [1.165, 1.54) is 0 Å². The van der Waals surface area contributed by atoms with E-state index in [9.17, 15) is 4.79 Å². The Bertz CT molecular complexity index is 963. The van der Waals surface area contributed by atoms with Crippen LogP contribution in [0.15, 0.2) is 48.5 Å². The minimum Gasteiger partial charge on any atom is -0.457 e. The van der Waals surface area contributed by atoms with Crippen molar-refractivity contribution in [1.82, 2.24) is 4.98 Å². The van der Waals surface area contributed by atoms with Gasteiger partial charge in [-0.15, -0.1) is 0 Å². The summed E-state index contributed by atoms with van der Waals surface area (Å²) < 4.78 is 15.6. The topological polar surface area (TPSA) is 57.7 Å². The van der Waals surface area contributed by atoms with Crippen molar-refractivity contribution in [3.63, 3.8) is 0 Å². The molecule has 0 aliphatic carbocycles. The third-order valence-corrected chi connectivity index (χ3v) is 4.40. The van der Waals surface area contributed by atoms with Crippen LogP contribution in [-0.2, 0) is 20.8 Å². The Hall–Kier alpha value is -2.76. The van der Waals surface area contributed by atoms with Gasteiger partial charge in [0, 0.05) is 25.2 Å². The first-order valence-electron chi connectivity index (χ1n) is 7.96. The second-order valence-corrected chi connectivity index (χ2v) is 5.89. The molecule has 0 fully saturated rings. The van der Waals surface area contributed by atoms with Crippen molar-refractivity contribution in [2.75, 3.05) is 14.2 Å². The van der Waals surface area contributed by atoms with Gasteiger partial charge in [0.15, 0.2) is 0 Å². The number of nitrogens with zero attached hydrogens (tertiary/aromatic N) is 1. The number of benzene rings is 2. The van der Waals surface area contributed by atoms with Gasteiger partial charge in [0.05, 0.1) is 16.8 Å². The van der Waals surface area contributed by atoms with Gasteiger partial charge in [0.2, 0.25) is 6.29 Å². The maximum atomic E-state index is 11.6. The predicted molar refractivity (Wildman–Crippen MR) is 93.1 cm³/mol. The molecule has 2 aromatic carbocycles. The minimum atomic E-state index is -0.474. The van der Waals surface area contributed by atoms with Crippen LogP contribution in [0, 0.1) is 0 Å². The maximum Gasteiger partial charge on any atom is 0.338 e. The zero-order chi connectivity index (χ0) is 17.4. The van der Waals surface area contributed by atoms with Gasteiger partial charge >= 0.3 is 5.97 Å². The lowest BCUT2D eigenvalue weighted by Gasteiger charge is -2.13. The number of hydrogen-bond donors (Lipinski definition) is 0. The van der Waals surface area contributed by atoms with E-state index in [1.807, 2.05) is 42.5 Å². The molecule has 5 nitrogen and oxygen atoms in total. The molecule has 25 heavy (non-hydrogen) atoms. The third-order valence-electron chi connectivity index (χ3n) is 4.40. The average molecular weight is 335 g/mol. The third kappa shape index (κ3) is 2.77. The first kappa shape index (κ1) is 15.7. The van der Waals surface area contributed by atoms with Crippen molar-refractivity contribution in [3.8, 4) is 11.1 Å². The summed E-state index contributed by atoms with van der Waals surface area (Å²) in [6.07, 6.45) is -0.474. The Kier molecular flexibility index (Phi) is 3.95. The van der Waals surface area contributed by atoms with Crippen LogP contribution in [0.25, 0.3) is 22.0 Å². The predicted octanol–water partition coefficient (Wildman–Crippen LogP) is 3.86. The summed E-state index contributed by atoms with van der Waals surface area (Å²) in [6, 6.07) is 15.8. The van der Waals surface area contributed by atoms with E-state index in [4.69, 9.17) is 14.2 Å². The fraction of sp³-hybridized carbons (Fsp3) is 0.200. The fourth-order valence-corrected chi connectivity index (χ4v) is 3.10. The number of rotatable bonds is 4. The van der Waals surface area contributed by atoms with E-state index in [0.29, 0.717) is 12.2 Å². The van der Waals surface area contributed by atoms with Gasteiger partial charge in [-0.25, -0.2) is 9.78 Å². The summed E-state index contributed by atoms with van der Waals surface area (Å²) >= 11 is 0. The molecule has 0 radical (unpaired) electrons. The van der Waals surface area contributed by atoms with Gasteiger partial charge in [-0.2, -0.15) is 0 Å². The Balaban J connectivity index is 1.72. The number of esters is 1. The molecule has 2 heterocycles. The van der Waals surface area contributed by atoms with Gasteiger partial charge in [0.25, 0.3) is 0 Å². The molecule has 1 aromatic heterocycles. The van der Waals surface area contributed by atoms with E-state index >= 15 is 0 Å². The number of methoxy groups -OCH3 is 2. The highest BCUT2D eigenvalue weighted by atomic mass is 16.7. The Morgan fingerprint density at radius 3 is 2.56 bits per heavy atom. The quantitative estimate of drug-likeness (QED) is 0.535. The lowest BCUT2D eigenvalue weighted by molar-refractivity contribution is -0.108. The molecule has 0 saturated carbocycles. The molecular weight excluding hydrogens is 318 g/mol. The molecule has 0 unspecified atom stereocenters. The Morgan fingerprint density at radius 2 is 1.76 bits per heavy atom. The van der Waals surface area contributed by atoms with Gasteiger partial charge in [-0.3, -0.25) is 0 Å². The number of fused-ring (bicyclic) bond motifs is 2. The van der Waals surface area contributed by atoms with Crippen LogP contribution < -0.4 is 0 Å². The highest BCUT2D eigenvalue weighted by molar-refractivity contribution is 5.94. The maximum absolute atomic E-state index is 11.6. The Labute approximate surface area is 145 Å². The lowest BCUT2D eigenvalue weighted by atomic mass is 9.99. The van der Waals surface area contributed by atoms with Gasteiger partial charge in [-0.05, 0) is 41.5 Å². The van der Waals surface area contributed by atoms with Gasteiger partial charge < -0.3 is 14.2 Å². The standard InChI is InChI=1S/C20H17NO4/c1-23-20(24-2)18-8-5-14-9-13(4-7-17(14)21-18)12-3-6-16-15(10-12)11-25-19(16)22/h3-10,20H,11H2,1-2H3. The van der Waals surface area contributed by atoms with Crippen LogP contribution in [0.5, 0.6) is 0 Å². The van der Waals surface area contributed by atoms with E-state index < -0.39 is 6.29 Å². The summed E-state index contributed by atoms with van der Waals surface area (Å²) in [5, 5.41) is 1.03. The number of aromatic nitrogens is 1. The molecule has 1 aliphatic heterocycles. The highest BCUT2D eigenvalue weighted by Crippen LogP contribution is 2.29. The first-order valence-corrected chi connectivity index (χ1v) is 7.96. The number of cyclic esters (lactones) is 1. The fourth-order valence-electron chi connectivity index (χ4n) is 3.10. The largest absolute Gasteiger partial charge is 0.457 e. The summed E-state index contributed by atoms with van der Waals surface area (Å²) in [4.78, 5) is 16.2. The van der Waals surface area contributed by atoms with Crippen molar-refractivity contribution in [1.29, 1.82) is 0 Å².